The number of aliphatic hydroxyl groups is 2. The molecular weight excluding hydrogens is 156 g/mol. The molecule has 0 unspecified atom stereocenters. The molecule has 0 amide bonds. The summed E-state index contributed by atoms with van der Waals surface area (Å²) in [4.78, 5) is 3.93. The van der Waals surface area contributed by atoms with Gasteiger partial charge in [0.25, 0.3) is 0 Å². The standard InChI is InChI=1S/C8H12N2O2/c9-8(5-12)6-1-2-7(4-11)10-3-6/h1-3,8,11-12H,4-5,9H2/t8-/m1/s1. The molecule has 12 heavy (non-hydrogen) atoms. The lowest BCUT2D eigenvalue weighted by atomic mass is 10.1. The van der Waals surface area contributed by atoms with E-state index in [2.05, 4.69) is 4.98 Å². The summed E-state index contributed by atoms with van der Waals surface area (Å²) in [6.07, 6.45) is 1.56. The minimum Gasteiger partial charge on any atom is -0.394 e. The summed E-state index contributed by atoms with van der Waals surface area (Å²) in [5, 5.41) is 17.4. The van der Waals surface area contributed by atoms with Crippen molar-refractivity contribution >= 4 is 0 Å². The van der Waals surface area contributed by atoms with Crippen molar-refractivity contribution in [3.05, 3.63) is 29.6 Å². The predicted octanol–water partition coefficient (Wildman–Crippen LogP) is -0.434. The van der Waals surface area contributed by atoms with Crippen molar-refractivity contribution in [2.75, 3.05) is 6.61 Å². The normalized spacial score (nSPS) is 12.9. The molecular formula is C8H12N2O2. The molecule has 0 aliphatic heterocycles. The highest BCUT2D eigenvalue weighted by Crippen LogP contribution is 2.08. The summed E-state index contributed by atoms with van der Waals surface area (Å²) in [6.45, 7) is -0.172. The van der Waals surface area contributed by atoms with Crippen molar-refractivity contribution in [2.45, 2.75) is 12.6 Å². The first-order valence-corrected chi connectivity index (χ1v) is 3.70. The molecule has 0 aromatic carbocycles. The van der Waals surface area contributed by atoms with Gasteiger partial charge in [0.1, 0.15) is 0 Å². The highest BCUT2D eigenvalue weighted by atomic mass is 16.3. The van der Waals surface area contributed by atoms with Gasteiger partial charge >= 0.3 is 0 Å². The Morgan fingerprint density at radius 2 is 2.17 bits per heavy atom. The average Bonchev–Trinajstić information content (AvgIpc) is 2.17. The molecule has 0 spiro atoms. The van der Waals surface area contributed by atoms with Gasteiger partial charge in [-0.15, -0.1) is 0 Å². The Morgan fingerprint density at radius 3 is 2.58 bits per heavy atom. The van der Waals surface area contributed by atoms with Crippen LogP contribution in [0, 0.1) is 0 Å². The molecule has 0 saturated carbocycles. The van der Waals surface area contributed by atoms with Gasteiger partial charge in [-0.3, -0.25) is 4.98 Å². The Labute approximate surface area is 70.7 Å². The van der Waals surface area contributed by atoms with Gasteiger partial charge in [0.15, 0.2) is 0 Å². The third kappa shape index (κ3) is 2.01. The molecule has 0 aliphatic rings. The van der Waals surface area contributed by atoms with Gasteiger partial charge in [0.2, 0.25) is 0 Å². The summed E-state index contributed by atoms with van der Waals surface area (Å²) >= 11 is 0. The molecule has 0 saturated heterocycles. The summed E-state index contributed by atoms with van der Waals surface area (Å²) < 4.78 is 0. The first-order chi connectivity index (χ1) is 5.77. The smallest absolute Gasteiger partial charge is 0.0852 e. The van der Waals surface area contributed by atoms with E-state index in [9.17, 15) is 0 Å². The van der Waals surface area contributed by atoms with E-state index in [1.54, 1.807) is 18.3 Å². The zero-order valence-electron chi connectivity index (χ0n) is 6.64. The maximum atomic E-state index is 8.71. The molecule has 1 aromatic rings. The lowest BCUT2D eigenvalue weighted by molar-refractivity contribution is 0.267. The van der Waals surface area contributed by atoms with E-state index in [4.69, 9.17) is 15.9 Å². The fraction of sp³-hybridized carbons (Fsp3) is 0.375. The molecule has 0 bridgehead atoms. The Morgan fingerprint density at radius 1 is 1.42 bits per heavy atom. The molecule has 1 heterocycles. The zero-order chi connectivity index (χ0) is 8.97. The molecule has 4 heteroatoms. The number of hydrogen-bond acceptors (Lipinski definition) is 4. The Bertz CT molecular complexity index is 235. The molecule has 66 valence electrons. The average molecular weight is 168 g/mol. The first kappa shape index (κ1) is 9.12. The van der Waals surface area contributed by atoms with Crippen LogP contribution in [0.2, 0.25) is 0 Å². The van der Waals surface area contributed by atoms with Crippen LogP contribution in [0.1, 0.15) is 17.3 Å². The van der Waals surface area contributed by atoms with Crippen molar-refractivity contribution in [3.63, 3.8) is 0 Å². The van der Waals surface area contributed by atoms with E-state index >= 15 is 0 Å². The second-order valence-corrected chi connectivity index (χ2v) is 2.53. The first-order valence-electron chi connectivity index (χ1n) is 3.70. The number of nitrogens with zero attached hydrogens (tertiary/aromatic N) is 1. The molecule has 0 aliphatic carbocycles. The van der Waals surface area contributed by atoms with Gasteiger partial charge in [-0.2, -0.15) is 0 Å². The van der Waals surface area contributed by atoms with Crippen LogP contribution in [0.15, 0.2) is 18.3 Å². The summed E-state index contributed by atoms with van der Waals surface area (Å²) in [6, 6.07) is 3.05. The van der Waals surface area contributed by atoms with Gasteiger partial charge in [-0.25, -0.2) is 0 Å². The monoisotopic (exact) mass is 168 g/mol. The van der Waals surface area contributed by atoms with E-state index in [0.29, 0.717) is 5.69 Å². The topological polar surface area (TPSA) is 79.4 Å². The third-order valence-electron chi connectivity index (χ3n) is 1.63. The van der Waals surface area contributed by atoms with E-state index in [-0.39, 0.29) is 19.3 Å². The fourth-order valence-corrected chi connectivity index (χ4v) is 0.854. The highest BCUT2D eigenvalue weighted by molar-refractivity contribution is 5.16. The molecule has 1 rings (SSSR count). The maximum Gasteiger partial charge on any atom is 0.0852 e. The zero-order valence-corrected chi connectivity index (χ0v) is 6.64. The largest absolute Gasteiger partial charge is 0.394 e. The Hall–Kier alpha value is -0.970. The second-order valence-electron chi connectivity index (χ2n) is 2.53. The van der Waals surface area contributed by atoms with Gasteiger partial charge in [0, 0.05) is 6.20 Å². The summed E-state index contributed by atoms with van der Waals surface area (Å²) in [7, 11) is 0. The number of rotatable bonds is 3. The van der Waals surface area contributed by atoms with Crippen molar-refractivity contribution in [1.82, 2.24) is 4.98 Å². The Balaban J connectivity index is 2.77. The van der Waals surface area contributed by atoms with Crippen LogP contribution in [-0.4, -0.2) is 21.8 Å². The third-order valence-corrected chi connectivity index (χ3v) is 1.63. The molecule has 0 fully saturated rings. The van der Waals surface area contributed by atoms with E-state index in [0.717, 1.165) is 5.56 Å². The van der Waals surface area contributed by atoms with Gasteiger partial charge in [0.05, 0.1) is 24.9 Å². The molecule has 4 N–H and O–H groups in total. The summed E-state index contributed by atoms with van der Waals surface area (Å²) in [5.74, 6) is 0. The van der Waals surface area contributed by atoms with Crippen LogP contribution in [0.4, 0.5) is 0 Å². The number of nitrogens with two attached hydrogens (primary N) is 1. The van der Waals surface area contributed by atoms with Crippen LogP contribution in [-0.2, 0) is 6.61 Å². The fourth-order valence-electron chi connectivity index (χ4n) is 0.854. The maximum absolute atomic E-state index is 8.71. The molecule has 1 aromatic heterocycles. The Kier molecular flexibility index (Phi) is 3.16. The highest BCUT2D eigenvalue weighted by Gasteiger charge is 2.03. The van der Waals surface area contributed by atoms with E-state index < -0.39 is 0 Å². The lowest BCUT2D eigenvalue weighted by Gasteiger charge is -2.07. The van der Waals surface area contributed by atoms with Crippen LogP contribution in [0.3, 0.4) is 0 Å². The van der Waals surface area contributed by atoms with E-state index in [1.807, 2.05) is 0 Å². The number of aliphatic hydroxyl groups excluding tert-OH is 2. The lowest BCUT2D eigenvalue weighted by Crippen LogP contribution is -2.14. The quantitative estimate of drug-likeness (QED) is 0.572. The molecule has 4 nitrogen and oxygen atoms in total. The van der Waals surface area contributed by atoms with Crippen molar-refractivity contribution < 1.29 is 10.2 Å². The van der Waals surface area contributed by atoms with E-state index in [1.165, 1.54) is 0 Å². The molecule has 1 atom stereocenters. The van der Waals surface area contributed by atoms with Crippen LogP contribution >= 0.6 is 0 Å². The number of pyridine rings is 1. The summed E-state index contributed by atoms with van der Waals surface area (Å²) in [5.41, 5.74) is 6.91. The second kappa shape index (κ2) is 4.15. The van der Waals surface area contributed by atoms with Crippen molar-refractivity contribution in [1.29, 1.82) is 0 Å². The van der Waals surface area contributed by atoms with Crippen LogP contribution in [0.5, 0.6) is 0 Å². The van der Waals surface area contributed by atoms with Crippen LogP contribution < -0.4 is 5.73 Å². The SMILES string of the molecule is N[C@H](CO)c1ccc(CO)nc1. The van der Waals surface area contributed by atoms with Crippen LogP contribution in [0.25, 0.3) is 0 Å². The predicted molar refractivity (Wildman–Crippen MR) is 44.2 cm³/mol. The van der Waals surface area contributed by atoms with Gasteiger partial charge < -0.3 is 15.9 Å². The van der Waals surface area contributed by atoms with Crippen molar-refractivity contribution in [3.8, 4) is 0 Å². The number of aromatic nitrogens is 1. The minimum absolute atomic E-state index is 0.0748. The number of hydrogen-bond donors (Lipinski definition) is 3. The minimum atomic E-state index is -0.384. The van der Waals surface area contributed by atoms with Crippen molar-refractivity contribution in [2.24, 2.45) is 5.73 Å². The molecule has 0 radical (unpaired) electrons. The van der Waals surface area contributed by atoms with Gasteiger partial charge in [-0.05, 0) is 11.6 Å². The van der Waals surface area contributed by atoms with Gasteiger partial charge in [-0.1, -0.05) is 6.07 Å².